The molecule has 1 aliphatic carbocycles. The van der Waals surface area contributed by atoms with Crippen LogP contribution in [-0.2, 0) is 9.59 Å². The number of imide groups is 1. The Kier molecular flexibility index (Phi) is 0.817. The summed E-state index contributed by atoms with van der Waals surface area (Å²) in [6.07, 6.45) is 1.54. The molecule has 1 heterocycles. The van der Waals surface area contributed by atoms with Crippen LogP contribution in [0.2, 0.25) is 0 Å². The van der Waals surface area contributed by atoms with E-state index in [2.05, 4.69) is 5.32 Å². The molecule has 1 atom stereocenters. The number of hydrogen-bond donors (Lipinski definition) is 2. The Hall–Kier alpha value is -0.900. The number of rotatable bonds is 0. The van der Waals surface area contributed by atoms with Crippen molar-refractivity contribution in [2.75, 3.05) is 0 Å². The maximum absolute atomic E-state index is 11.0. The fraction of sp³-hybridized carbons (Fsp3) is 0.667. The van der Waals surface area contributed by atoms with Crippen molar-refractivity contribution in [3.05, 3.63) is 0 Å². The zero-order valence-electron chi connectivity index (χ0n) is 5.39. The van der Waals surface area contributed by atoms with Crippen molar-refractivity contribution >= 4 is 11.8 Å². The number of nitrogens with one attached hydrogen (secondary N) is 1. The van der Waals surface area contributed by atoms with E-state index < -0.39 is 11.5 Å². The molecule has 0 bridgehead atoms. The van der Waals surface area contributed by atoms with Crippen LogP contribution in [0.3, 0.4) is 0 Å². The van der Waals surface area contributed by atoms with Crippen molar-refractivity contribution in [1.82, 2.24) is 5.32 Å². The van der Waals surface area contributed by atoms with E-state index in [0.29, 0.717) is 0 Å². The van der Waals surface area contributed by atoms with E-state index >= 15 is 0 Å². The summed E-state index contributed by atoms with van der Waals surface area (Å²) in [6.45, 7) is 0. The van der Waals surface area contributed by atoms with Crippen LogP contribution in [0.15, 0.2) is 0 Å². The molecule has 4 nitrogen and oxygen atoms in total. The van der Waals surface area contributed by atoms with Gasteiger partial charge in [-0.1, -0.05) is 0 Å². The van der Waals surface area contributed by atoms with Crippen LogP contribution in [0.25, 0.3) is 0 Å². The molecule has 3 N–H and O–H groups in total. The average Bonchev–Trinajstić information content (AvgIpc) is 2.61. The van der Waals surface area contributed by atoms with Gasteiger partial charge in [0.2, 0.25) is 11.8 Å². The highest BCUT2D eigenvalue weighted by atomic mass is 16.2. The minimum Gasteiger partial charge on any atom is -0.319 e. The first-order valence-corrected chi connectivity index (χ1v) is 3.28. The predicted molar refractivity (Wildman–Crippen MR) is 32.8 cm³/mol. The van der Waals surface area contributed by atoms with Crippen LogP contribution in [0, 0.1) is 5.41 Å². The molecule has 0 aromatic carbocycles. The molecule has 1 unspecified atom stereocenters. The minimum absolute atomic E-state index is 0.176. The third-order valence-electron chi connectivity index (χ3n) is 2.36. The molecule has 54 valence electrons. The predicted octanol–water partition coefficient (Wildman–Crippen LogP) is -1.25. The number of carbonyl (C=O) groups is 2. The Morgan fingerprint density at radius 3 is 2.30 bits per heavy atom. The lowest BCUT2D eigenvalue weighted by atomic mass is 10.0. The zero-order valence-corrected chi connectivity index (χ0v) is 5.39. The van der Waals surface area contributed by atoms with Gasteiger partial charge in [-0.2, -0.15) is 0 Å². The van der Waals surface area contributed by atoms with Gasteiger partial charge in [0.15, 0.2) is 0 Å². The van der Waals surface area contributed by atoms with Crippen molar-refractivity contribution in [3.63, 3.8) is 0 Å². The standard InChI is InChI=1S/C6H8N2O2/c7-3-4(9)8-5(10)6(3)1-2-6/h3H,1-2,7H2,(H,8,9,10). The lowest BCUT2D eigenvalue weighted by molar-refractivity contribution is -0.126. The lowest BCUT2D eigenvalue weighted by Crippen LogP contribution is -2.35. The van der Waals surface area contributed by atoms with Crippen LogP contribution >= 0.6 is 0 Å². The van der Waals surface area contributed by atoms with Crippen molar-refractivity contribution in [1.29, 1.82) is 0 Å². The van der Waals surface area contributed by atoms with Crippen molar-refractivity contribution in [3.8, 4) is 0 Å². The van der Waals surface area contributed by atoms with Crippen molar-refractivity contribution < 1.29 is 9.59 Å². The normalized spacial score (nSPS) is 34.7. The molecule has 0 aromatic rings. The van der Waals surface area contributed by atoms with Gasteiger partial charge >= 0.3 is 0 Å². The summed E-state index contributed by atoms with van der Waals surface area (Å²) >= 11 is 0. The molecule has 0 aromatic heterocycles. The van der Waals surface area contributed by atoms with Crippen LogP contribution in [-0.4, -0.2) is 17.9 Å². The molecule has 2 rings (SSSR count). The van der Waals surface area contributed by atoms with Crippen LogP contribution < -0.4 is 11.1 Å². The van der Waals surface area contributed by atoms with Crippen molar-refractivity contribution in [2.24, 2.45) is 11.1 Å². The summed E-state index contributed by atoms with van der Waals surface area (Å²) in [5.41, 5.74) is 4.99. The van der Waals surface area contributed by atoms with Gasteiger partial charge in [0.05, 0.1) is 11.5 Å². The van der Waals surface area contributed by atoms with Gasteiger partial charge in [0.25, 0.3) is 0 Å². The molecule has 0 radical (unpaired) electrons. The quantitative estimate of drug-likeness (QED) is 0.413. The van der Waals surface area contributed by atoms with E-state index in [4.69, 9.17) is 5.73 Å². The van der Waals surface area contributed by atoms with Gasteiger partial charge < -0.3 is 5.73 Å². The molecule has 1 spiro atoms. The number of hydrogen-bond acceptors (Lipinski definition) is 3. The largest absolute Gasteiger partial charge is 0.319 e. The van der Waals surface area contributed by atoms with Crippen LogP contribution in [0.5, 0.6) is 0 Å². The molecular weight excluding hydrogens is 132 g/mol. The SMILES string of the molecule is NC1C(=O)NC(=O)C12CC2. The maximum Gasteiger partial charge on any atom is 0.244 e. The molecule has 10 heavy (non-hydrogen) atoms. The molecule has 2 fully saturated rings. The highest BCUT2D eigenvalue weighted by molar-refractivity contribution is 6.10. The van der Waals surface area contributed by atoms with Crippen molar-refractivity contribution in [2.45, 2.75) is 18.9 Å². The minimum atomic E-state index is -0.583. The first-order chi connectivity index (χ1) is 4.67. The van der Waals surface area contributed by atoms with E-state index in [1.54, 1.807) is 0 Å². The molecule has 1 saturated carbocycles. The Bertz CT molecular complexity index is 220. The second-order valence-corrected chi connectivity index (χ2v) is 2.95. The smallest absolute Gasteiger partial charge is 0.244 e. The molecule has 1 saturated heterocycles. The molecule has 1 aliphatic heterocycles. The van der Waals surface area contributed by atoms with Crippen LogP contribution in [0.1, 0.15) is 12.8 Å². The summed E-state index contributed by atoms with van der Waals surface area (Å²) in [7, 11) is 0. The Labute approximate surface area is 57.8 Å². The zero-order chi connectivity index (χ0) is 7.35. The van der Waals surface area contributed by atoms with Gasteiger partial charge in [-0.15, -0.1) is 0 Å². The number of amides is 2. The Morgan fingerprint density at radius 2 is 2.10 bits per heavy atom. The van der Waals surface area contributed by atoms with Gasteiger partial charge in [0.1, 0.15) is 0 Å². The fourth-order valence-electron chi connectivity index (χ4n) is 1.38. The summed E-state index contributed by atoms with van der Waals surface area (Å²) in [5.74, 6) is -0.493. The van der Waals surface area contributed by atoms with Gasteiger partial charge in [-0.25, -0.2) is 0 Å². The third-order valence-corrected chi connectivity index (χ3v) is 2.36. The van der Waals surface area contributed by atoms with E-state index in [1.807, 2.05) is 0 Å². The van der Waals surface area contributed by atoms with E-state index in [-0.39, 0.29) is 11.8 Å². The van der Waals surface area contributed by atoms with Gasteiger partial charge in [-0.05, 0) is 12.8 Å². The molecule has 2 aliphatic rings. The average molecular weight is 140 g/mol. The Balaban J connectivity index is 2.35. The van der Waals surface area contributed by atoms with E-state index in [0.717, 1.165) is 12.8 Å². The van der Waals surface area contributed by atoms with E-state index in [9.17, 15) is 9.59 Å². The molecular formula is C6H8N2O2. The summed E-state index contributed by atoms with van der Waals surface area (Å²) < 4.78 is 0. The molecule has 2 amide bonds. The third kappa shape index (κ3) is 0.455. The summed E-state index contributed by atoms with van der Waals surface area (Å²) in [4.78, 5) is 21.8. The number of nitrogens with two attached hydrogens (primary N) is 1. The summed E-state index contributed by atoms with van der Waals surface area (Å²) in [6, 6.07) is -0.583. The second-order valence-electron chi connectivity index (χ2n) is 2.95. The van der Waals surface area contributed by atoms with Gasteiger partial charge in [0, 0.05) is 0 Å². The first kappa shape index (κ1) is 5.85. The molecule has 4 heteroatoms. The van der Waals surface area contributed by atoms with Crippen LogP contribution in [0.4, 0.5) is 0 Å². The monoisotopic (exact) mass is 140 g/mol. The number of carbonyl (C=O) groups excluding carboxylic acids is 2. The first-order valence-electron chi connectivity index (χ1n) is 3.28. The highest BCUT2D eigenvalue weighted by Gasteiger charge is 2.61. The maximum atomic E-state index is 11.0. The lowest BCUT2D eigenvalue weighted by Gasteiger charge is -2.04. The summed E-state index contributed by atoms with van der Waals surface area (Å²) in [5, 5.41) is 2.22. The second kappa shape index (κ2) is 1.40. The van der Waals surface area contributed by atoms with Gasteiger partial charge in [-0.3, -0.25) is 14.9 Å². The Morgan fingerprint density at radius 1 is 1.50 bits per heavy atom. The topological polar surface area (TPSA) is 72.2 Å². The fourth-order valence-corrected chi connectivity index (χ4v) is 1.38. The van der Waals surface area contributed by atoms with E-state index in [1.165, 1.54) is 0 Å². The highest BCUT2D eigenvalue weighted by Crippen LogP contribution is 2.50.